The van der Waals surface area contributed by atoms with Crippen molar-refractivity contribution in [1.82, 2.24) is 0 Å². The van der Waals surface area contributed by atoms with Gasteiger partial charge in [-0.3, -0.25) is 0 Å². The molecule has 0 heterocycles. The first kappa shape index (κ1) is 10.7. The van der Waals surface area contributed by atoms with Crippen LogP contribution < -0.4 is 0 Å². The van der Waals surface area contributed by atoms with E-state index >= 15 is 0 Å². The standard InChI is InChI=1S/C10H12N2OS/c1-3-14(2,13)12-10-6-4-5-9(7-10)8-11/h4-7H,3H2,1-2H3/t14-/m0/s1. The largest absolute Gasteiger partial charge is 0.250 e. The van der Waals surface area contributed by atoms with Crippen molar-refractivity contribution in [1.29, 1.82) is 5.26 Å². The Bertz CT molecular complexity index is 479. The zero-order valence-electron chi connectivity index (χ0n) is 8.23. The molecule has 1 aromatic rings. The first-order valence-electron chi connectivity index (χ1n) is 4.27. The van der Waals surface area contributed by atoms with Crippen LogP contribution in [0.25, 0.3) is 0 Å². The molecule has 3 nitrogen and oxygen atoms in total. The number of nitriles is 1. The molecule has 1 aromatic carbocycles. The quantitative estimate of drug-likeness (QED) is 0.748. The second kappa shape index (κ2) is 4.25. The summed E-state index contributed by atoms with van der Waals surface area (Å²) in [5.74, 6) is 0.518. The zero-order valence-corrected chi connectivity index (χ0v) is 9.04. The molecule has 1 rings (SSSR count). The molecule has 4 heteroatoms. The number of benzene rings is 1. The fourth-order valence-electron chi connectivity index (χ4n) is 0.920. The van der Waals surface area contributed by atoms with Gasteiger partial charge in [0.2, 0.25) is 0 Å². The van der Waals surface area contributed by atoms with E-state index in [1.54, 1.807) is 30.5 Å². The van der Waals surface area contributed by atoms with Crippen molar-refractivity contribution >= 4 is 15.4 Å². The third-order valence-corrected chi connectivity index (χ3v) is 3.48. The molecule has 0 aliphatic carbocycles. The van der Waals surface area contributed by atoms with Gasteiger partial charge in [0.05, 0.1) is 17.3 Å². The van der Waals surface area contributed by atoms with E-state index in [2.05, 4.69) is 4.36 Å². The molecule has 0 aromatic heterocycles. The normalized spacial score (nSPS) is 14.1. The van der Waals surface area contributed by atoms with Gasteiger partial charge in [-0.1, -0.05) is 13.0 Å². The van der Waals surface area contributed by atoms with Gasteiger partial charge in [0.1, 0.15) is 0 Å². The summed E-state index contributed by atoms with van der Waals surface area (Å²) in [6.45, 7) is 1.83. The SMILES string of the molecule is CC[S@](C)(=O)=Nc1cccc(C#N)c1. The van der Waals surface area contributed by atoms with E-state index in [-0.39, 0.29) is 0 Å². The highest BCUT2D eigenvalue weighted by Crippen LogP contribution is 2.15. The van der Waals surface area contributed by atoms with Crippen LogP contribution in [0.2, 0.25) is 0 Å². The maximum atomic E-state index is 11.7. The Morgan fingerprint density at radius 1 is 1.57 bits per heavy atom. The van der Waals surface area contributed by atoms with Gasteiger partial charge < -0.3 is 0 Å². The minimum absolute atomic E-state index is 0.518. The summed E-state index contributed by atoms with van der Waals surface area (Å²) in [4.78, 5) is 0. The van der Waals surface area contributed by atoms with Gasteiger partial charge in [-0.05, 0) is 18.2 Å². The maximum absolute atomic E-state index is 11.7. The van der Waals surface area contributed by atoms with Crippen LogP contribution in [0.5, 0.6) is 0 Å². The Morgan fingerprint density at radius 2 is 2.29 bits per heavy atom. The fraction of sp³-hybridized carbons (Fsp3) is 0.300. The predicted molar refractivity (Wildman–Crippen MR) is 57.9 cm³/mol. The van der Waals surface area contributed by atoms with Gasteiger partial charge in [0.15, 0.2) is 0 Å². The van der Waals surface area contributed by atoms with E-state index < -0.39 is 9.73 Å². The van der Waals surface area contributed by atoms with Crippen molar-refractivity contribution in [3.8, 4) is 6.07 Å². The van der Waals surface area contributed by atoms with Crippen molar-refractivity contribution in [2.24, 2.45) is 4.36 Å². The number of nitrogens with zero attached hydrogens (tertiary/aromatic N) is 2. The summed E-state index contributed by atoms with van der Waals surface area (Å²) >= 11 is 0. The lowest BCUT2D eigenvalue weighted by Crippen LogP contribution is -1.97. The zero-order chi connectivity index (χ0) is 10.6. The van der Waals surface area contributed by atoms with Crippen molar-refractivity contribution in [2.75, 3.05) is 12.0 Å². The molecule has 0 unspecified atom stereocenters. The van der Waals surface area contributed by atoms with E-state index in [1.807, 2.05) is 13.0 Å². The Kier molecular flexibility index (Phi) is 3.26. The molecule has 14 heavy (non-hydrogen) atoms. The topological polar surface area (TPSA) is 53.2 Å². The molecule has 0 amide bonds. The molecular formula is C10H12N2OS. The van der Waals surface area contributed by atoms with Gasteiger partial charge >= 0.3 is 0 Å². The molecule has 0 radical (unpaired) electrons. The van der Waals surface area contributed by atoms with Crippen molar-refractivity contribution in [2.45, 2.75) is 6.92 Å². The van der Waals surface area contributed by atoms with Crippen LogP contribution in [-0.2, 0) is 9.73 Å². The molecule has 0 fully saturated rings. The fourth-order valence-corrected chi connectivity index (χ4v) is 1.61. The van der Waals surface area contributed by atoms with Crippen molar-refractivity contribution < 1.29 is 4.21 Å². The van der Waals surface area contributed by atoms with Crippen molar-refractivity contribution in [3.63, 3.8) is 0 Å². The Hall–Kier alpha value is -1.34. The minimum atomic E-state index is -2.13. The molecule has 0 saturated carbocycles. The van der Waals surface area contributed by atoms with E-state index in [4.69, 9.17) is 5.26 Å². The first-order chi connectivity index (χ1) is 6.57. The van der Waals surface area contributed by atoms with Crippen LogP contribution in [0.1, 0.15) is 12.5 Å². The third-order valence-electron chi connectivity index (χ3n) is 1.81. The molecule has 0 bridgehead atoms. The van der Waals surface area contributed by atoms with Gasteiger partial charge in [0, 0.05) is 21.7 Å². The van der Waals surface area contributed by atoms with Gasteiger partial charge in [-0.2, -0.15) is 9.62 Å². The number of rotatable bonds is 2. The van der Waals surface area contributed by atoms with Crippen LogP contribution >= 0.6 is 0 Å². The predicted octanol–water partition coefficient (Wildman–Crippen LogP) is 2.31. The lowest BCUT2D eigenvalue weighted by molar-refractivity contribution is 0.681. The van der Waals surface area contributed by atoms with Gasteiger partial charge in [-0.25, -0.2) is 4.21 Å². The molecule has 0 saturated heterocycles. The lowest BCUT2D eigenvalue weighted by Gasteiger charge is -1.99. The molecular weight excluding hydrogens is 196 g/mol. The average Bonchev–Trinajstić information content (AvgIpc) is 2.17. The van der Waals surface area contributed by atoms with E-state index in [9.17, 15) is 4.21 Å². The van der Waals surface area contributed by atoms with E-state index in [0.29, 0.717) is 17.0 Å². The van der Waals surface area contributed by atoms with Crippen LogP contribution in [-0.4, -0.2) is 16.2 Å². The van der Waals surface area contributed by atoms with Crippen LogP contribution in [0.3, 0.4) is 0 Å². The molecule has 74 valence electrons. The summed E-state index contributed by atoms with van der Waals surface area (Å²) in [5, 5.41) is 8.65. The minimum Gasteiger partial charge on any atom is -0.250 e. The summed E-state index contributed by atoms with van der Waals surface area (Å²) in [5.41, 5.74) is 1.15. The summed E-state index contributed by atoms with van der Waals surface area (Å²) in [6, 6.07) is 8.84. The maximum Gasteiger partial charge on any atom is 0.0992 e. The van der Waals surface area contributed by atoms with Crippen molar-refractivity contribution in [3.05, 3.63) is 29.8 Å². The Labute approximate surface area is 84.6 Å². The second-order valence-electron chi connectivity index (χ2n) is 3.00. The number of hydrogen-bond donors (Lipinski definition) is 0. The second-order valence-corrected chi connectivity index (χ2v) is 5.68. The van der Waals surface area contributed by atoms with Crippen LogP contribution in [0.15, 0.2) is 28.6 Å². The van der Waals surface area contributed by atoms with Crippen LogP contribution in [0, 0.1) is 11.3 Å². The third kappa shape index (κ3) is 2.86. The highest BCUT2D eigenvalue weighted by molar-refractivity contribution is 7.93. The highest BCUT2D eigenvalue weighted by Gasteiger charge is 1.98. The smallest absolute Gasteiger partial charge is 0.0992 e. The van der Waals surface area contributed by atoms with E-state index in [1.165, 1.54) is 0 Å². The summed E-state index contributed by atoms with van der Waals surface area (Å²) in [7, 11) is -2.13. The highest BCUT2D eigenvalue weighted by atomic mass is 32.2. The molecule has 0 N–H and O–H groups in total. The molecule has 0 aliphatic heterocycles. The lowest BCUT2D eigenvalue weighted by atomic mass is 10.2. The Morgan fingerprint density at radius 3 is 2.86 bits per heavy atom. The first-order valence-corrected chi connectivity index (χ1v) is 6.36. The molecule has 0 spiro atoms. The van der Waals surface area contributed by atoms with E-state index in [0.717, 1.165) is 0 Å². The van der Waals surface area contributed by atoms with Gasteiger partial charge in [0.25, 0.3) is 0 Å². The summed E-state index contributed by atoms with van der Waals surface area (Å²) < 4.78 is 15.8. The molecule has 1 atom stereocenters. The Balaban J connectivity index is 3.18. The van der Waals surface area contributed by atoms with Crippen LogP contribution in [0.4, 0.5) is 5.69 Å². The average molecular weight is 208 g/mol. The summed E-state index contributed by atoms with van der Waals surface area (Å²) in [6.07, 6.45) is 1.62. The monoisotopic (exact) mass is 208 g/mol. The molecule has 0 aliphatic rings. The van der Waals surface area contributed by atoms with Gasteiger partial charge in [-0.15, -0.1) is 0 Å². The number of hydrogen-bond acceptors (Lipinski definition) is 3.